The smallest absolute Gasteiger partial charge is 0.0690 e. The van der Waals surface area contributed by atoms with Crippen molar-refractivity contribution in [1.82, 2.24) is 0 Å². The molecule has 0 saturated carbocycles. The van der Waals surface area contributed by atoms with Gasteiger partial charge in [0.15, 0.2) is 0 Å². The van der Waals surface area contributed by atoms with E-state index < -0.39 is 0 Å². The predicted molar refractivity (Wildman–Crippen MR) is 50.6 cm³/mol. The molecule has 0 aromatic heterocycles. The predicted octanol–water partition coefficient (Wildman–Crippen LogP) is 2.89. The lowest BCUT2D eigenvalue weighted by atomic mass is 9.92. The van der Waals surface area contributed by atoms with Crippen LogP contribution in [0.3, 0.4) is 0 Å². The quantitative estimate of drug-likeness (QED) is 0.275. The fraction of sp³-hybridized carbons (Fsp3) is 0.500. The van der Waals surface area contributed by atoms with E-state index in [0.717, 1.165) is 24.8 Å². The molecule has 0 amide bonds. The summed E-state index contributed by atoms with van der Waals surface area (Å²) < 4.78 is 0. The van der Waals surface area contributed by atoms with Crippen LogP contribution in [0.25, 0.3) is 0 Å². The summed E-state index contributed by atoms with van der Waals surface area (Å²) in [5, 5.41) is 11.3. The zero-order valence-corrected chi connectivity index (χ0v) is 7.67. The van der Waals surface area contributed by atoms with E-state index in [1.807, 2.05) is 0 Å². The topological polar surface area (TPSA) is 32.6 Å². The van der Waals surface area contributed by atoms with Gasteiger partial charge in [-0.1, -0.05) is 22.4 Å². The Kier molecular flexibility index (Phi) is 3.09. The van der Waals surface area contributed by atoms with Gasteiger partial charge in [-0.05, 0) is 38.7 Å². The van der Waals surface area contributed by atoms with E-state index in [-0.39, 0.29) is 0 Å². The van der Waals surface area contributed by atoms with Crippen LogP contribution in [0.2, 0.25) is 0 Å². The van der Waals surface area contributed by atoms with Crippen LogP contribution in [0.4, 0.5) is 0 Å². The van der Waals surface area contributed by atoms with Crippen LogP contribution in [-0.2, 0) is 0 Å². The van der Waals surface area contributed by atoms with Crippen molar-refractivity contribution in [2.45, 2.75) is 33.1 Å². The number of allylic oxidation sites excluding steroid dienone is 4. The van der Waals surface area contributed by atoms with Gasteiger partial charge in [0, 0.05) is 0 Å². The average molecular weight is 165 g/mol. The third-order valence-corrected chi connectivity index (χ3v) is 2.26. The van der Waals surface area contributed by atoms with Crippen molar-refractivity contribution in [3.63, 3.8) is 0 Å². The molecule has 66 valence electrons. The standard InChI is InChI=1S/C10H15NO/c1-8(2)10-5-3-9(4-6-10)7-11-12/h3,7,12H,4-6H2,1-2H3. The van der Waals surface area contributed by atoms with Gasteiger partial charge in [0.2, 0.25) is 0 Å². The molecule has 2 heteroatoms. The summed E-state index contributed by atoms with van der Waals surface area (Å²) in [5.41, 5.74) is 4.08. The lowest BCUT2D eigenvalue weighted by Crippen LogP contribution is -1.97. The summed E-state index contributed by atoms with van der Waals surface area (Å²) in [4.78, 5) is 0. The zero-order valence-electron chi connectivity index (χ0n) is 7.67. The molecule has 2 nitrogen and oxygen atoms in total. The van der Waals surface area contributed by atoms with Crippen molar-refractivity contribution in [3.05, 3.63) is 22.8 Å². The number of oxime groups is 1. The van der Waals surface area contributed by atoms with Gasteiger partial charge in [0.05, 0.1) is 6.21 Å². The summed E-state index contributed by atoms with van der Waals surface area (Å²) in [6.07, 6.45) is 6.79. The Labute approximate surface area is 73.3 Å². The van der Waals surface area contributed by atoms with Crippen molar-refractivity contribution >= 4 is 6.21 Å². The third-order valence-electron chi connectivity index (χ3n) is 2.26. The first-order valence-corrected chi connectivity index (χ1v) is 4.25. The van der Waals surface area contributed by atoms with Crippen LogP contribution in [0.15, 0.2) is 28.0 Å². The Morgan fingerprint density at radius 3 is 2.67 bits per heavy atom. The molecular formula is C10H15NO. The number of hydrogen-bond acceptors (Lipinski definition) is 2. The average Bonchev–Trinajstić information content (AvgIpc) is 2.06. The molecule has 0 spiro atoms. The first-order chi connectivity index (χ1) is 5.74. The molecule has 0 aromatic carbocycles. The van der Waals surface area contributed by atoms with Gasteiger partial charge in [0.25, 0.3) is 0 Å². The van der Waals surface area contributed by atoms with E-state index in [1.165, 1.54) is 17.4 Å². The van der Waals surface area contributed by atoms with Crippen LogP contribution < -0.4 is 0 Å². The molecule has 0 radical (unpaired) electrons. The van der Waals surface area contributed by atoms with E-state index in [2.05, 4.69) is 25.1 Å². The normalized spacial score (nSPS) is 18.2. The molecule has 0 fully saturated rings. The Morgan fingerprint density at radius 2 is 2.25 bits per heavy atom. The Morgan fingerprint density at radius 1 is 1.50 bits per heavy atom. The SMILES string of the molecule is CC(C)=C1CC=C(C=NO)CC1. The molecule has 0 heterocycles. The highest BCUT2D eigenvalue weighted by atomic mass is 16.4. The second kappa shape index (κ2) is 4.10. The van der Waals surface area contributed by atoms with Crippen LogP contribution in [0.1, 0.15) is 33.1 Å². The molecular weight excluding hydrogens is 150 g/mol. The monoisotopic (exact) mass is 165 g/mol. The molecule has 0 unspecified atom stereocenters. The summed E-state index contributed by atoms with van der Waals surface area (Å²) in [5.74, 6) is 0. The minimum atomic E-state index is 1.00. The largest absolute Gasteiger partial charge is 0.411 e. The number of hydrogen-bond donors (Lipinski definition) is 1. The second-order valence-electron chi connectivity index (χ2n) is 3.33. The van der Waals surface area contributed by atoms with E-state index in [4.69, 9.17) is 5.21 Å². The molecule has 1 aliphatic rings. The van der Waals surface area contributed by atoms with Gasteiger partial charge >= 0.3 is 0 Å². The third kappa shape index (κ3) is 2.22. The molecule has 0 aliphatic heterocycles. The highest BCUT2D eigenvalue weighted by Gasteiger charge is 2.06. The van der Waals surface area contributed by atoms with Crippen molar-refractivity contribution in [3.8, 4) is 0 Å². The van der Waals surface area contributed by atoms with Crippen LogP contribution in [-0.4, -0.2) is 11.4 Å². The lowest BCUT2D eigenvalue weighted by molar-refractivity contribution is 0.321. The van der Waals surface area contributed by atoms with Gasteiger partial charge in [-0.2, -0.15) is 0 Å². The molecule has 0 aromatic rings. The molecule has 12 heavy (non-hydrogen) atoms. The van der Waals surface area contributed by atoms with Crippen molar-refractivity contribution < 1.29 is 5.21 Å². The van der Waals surface area contributed by atoms with Crippen molar-refractivity contribution in [2.75, 3.05) is 0 Å². The van der Waals surface area contributed by atoms with Gasteiger partial charge < -0.3 is 5.21 Å². The van der Waals surface area contributed by atoms with Crippen LogP contribution >= 0.6 is 0 Å². The fourth-order valence-electron chi connectivity index (χ4n) is 1.40. The minimum absolute atomic E-state index is 1.00. The van der Waals surface area contributed by atoms with Crippen molar-refractivity contribution in [1.29, 1.82) is 0 Å². The van der Waals surface area contributed by atoms with Gasteiger partial charge in [-0.15, -0.1) is 0 Å². The maximum Gasteiger partial charge on any atom is 0.0690 e. The second-order valence-corrected chi connectivity index (χ2v) is 3.33. The van der Waals surface area contributed by atoms with E-state index in [0.29, 0.717) is 0 Å². The fourth-order valence-corrected chi connectivity index (χ4v) is 1.40. The molecule has 1 aliphatic carbocycles. The summed E-state index contributed by atoms with van der Waals surface area (Å²) in [6.45, 7) is 4.29. The zero-order chi connectivity index (χ0) is 8.97. The highest BCUT2D eigenvalue weighted by Crippen LogP contribution is 2.24. The van der Waals surface area contributed by atoms with Gasteiger partial charge in [0.1, 0.15) is 0 Å². The first kappa shape index (κ1) is 9.04. The number of nitrogens with zero attached hydrogens (tertiary/aromatic N) is 1. The van der Waals surface area contributed by atoms with E-state index in [1.54, 1.807) is 0 Å². The molecule has 1 rings (SSSR count). The molecule has 1 N–H and O–H groups in total. The summed E-state index contributed by atoms with van der Waals surface area (Å²) in [6, 6.07) is 0. The maximum absolute atomic E-state index is 8.31. The lowest BCUT2D eigenvalue weighted by Gasteiger charge is -2.13. The van der Waals surface area contributed by atoms with Gasteiger partial charge in [-0.3, -0.25) is 0 Å². The Hall–Kier alpha value is -1.05. The van der Waals surface area contributed by atoms with E-state index in [9.17, 15) is 0 Å². The van der Waals surface area contributed by atoms with Crippen LogP contribution in [0, 0.1) is 0 Å². The van der Waals surface area contributed by atoms with Gasteiger partial charge in [-0.25, -0.2) is 0 Å². The Bertz CT molecular complexity index is 245. The summed E-state index contributed by atoms with van der Waals surface area (Å²) >= 11 is 0. The maximum atomic E-state index is 8.31. The number of rotatable bonds is 1. The molecule has 0 saturated heterocycles. The van der Waals surface area contributed by atoms with Crippen molar-refractivity contribution in [2.24, 2.45) is 5.16 Å². The Balaban J connectivity index is 2.65. The summed E-state index contributed by atoms with van der Waals surface area (Å²) in [7, 11) is 0. The molecule has 0 bridgehead atoms. The first-order valence-electron chi connectivity index (χ1n) is 4.25. The molecule has 0 atom stereocenters. The van der Waals surface area contributed by atoms with Crippen LogP contribution in [0.5, 0.6) is 0 Å². The minimum Gasteiger partial charge on any atom is -0.411 e. The highest BCUT2D eigenvalue weighted by molar-refractivity contribution is 5.78. The van der Waals surface area contributed by atoms with E-state index >= 15 is 0 Å².